The average Bonchev–Trinajstić information content (AvgIpc) is 2.58. The van der Waals surface area contributed by atoms with Crippen LogP contribution in [0.25, 0.3) is 0 Å². The number of likely N-dealkylation sites (N-methyl/N-ethyl adjacent to an activating group) is 1. The Balaban J connectivity index is 1.91. The van der Waals surface area contributed by atoms with Gasteiger partial charge in [-0.05, 0) is 19.1 Å². The van der Waals surface area contributed by atoms with Crippen molar-refractivity contribution >= 4 is 17.3 Å². The van der Waals surface area contributed by atoms with Gasteiger partial charge in [-0.3, -0.25) is 4.98 Å². The van der Waals surface area contributed by atoms with Gasteiger partial charge < -0.3 is 14.5 Å². The predicted octanol–water partition coefficient (Wildman–Crippen LogP) is 2.00. The summed E-state index contributed by atoms with van der Waals surface area (Å²) in [6.45, 7) is 5.49. The van der Waals surface area contributed by atoms with Gasteiger partial charge in [0.1, 0.15) is 5.56 Å². The number of anilines is 1. The molecule has 0 radical (unpaired) electrons. The minimum Gasteiger partial charge on any atom is -0.400 e. The molecule has 5 nitrogen and oxygen atoms in total. The Morgan fingerprint density at radius 3 is 2.62 bits per heavy atom. The lowest BCUT2D eigenvalue weighted by Crippen LogP contribution is -3.12. The molecule has 1 fully saturated rings. The highest BCUT2D eigenvalue weighted by molar-refractivity contribution is 6.31. The number of hydrogen-bond acceptors (Lipinski definition) is 3. The first-order chi connectivity index (χ1) is 12.3. The number of aromatic amines is 1. The number of pyridine rings is 2. The molecule has 2 aromatic rings. The van der Waals surface area contributed by atoms with Gasteiger partial charge in [-0.2, -0.15) is 18.2 Å². The van der Waals surface area contributed by atoms with Gasteiger partial charge in [-0.1, -0.05) is 11.6 Å². The van der Waals surface area contributed by atoms with Gasteiger partial charge in [0.25, 0.3) is 0 Å². The first-order valence-electron chi connectivity index (χ1n) is 8.24. The Labute approximate surface area is 154 Å². The molecule has 9 heteroatoms. The second kappa shape index (κ2) is 7.28. The number of alkyl halides is 3. The van der Waals surface area contributed by atoms with Gasteiger partial charge in [-0.25, -0.2) is 0 Å². The third-order valence-electron chi connectivity index (χ3n) is 4.41. The van der Waals surface area contributed by atoms with E-state index in [-0.39, 0.29) is 10.9 Å². The molecule has 0 amide bonds. The quantitative estimate of drug-likeness (QED) is 0.874. The first kappa shape index (κ1) is 18.7. The Kier molecular flexibility index (Phi) is 5.24. The molecule has 0 spiro atoms. The number of aromatic nitrogens is 2. The van der Waals surface area contributed by atoms with Crippen molar-refractivity contribution in [2.75, 3.05) is 38.1 Å². The van der Waals surface area contributed by atoms with E-state index in [1.54, 1.807) is 13.1 Å². The van der Waals surface area contributed by atoms with E-state index in [4.69, 9.17) is 16.3 Å². The molecule has 0 aliphatic carbocycles. The van der Waals surface area contributed by atoms with Crippen molar-refractivity contribution < 1.29 is 27.8 Å². The van der Waals surface area contributed by atoms with Gasteiger partial charge in [0.2, 0.25) is 0 Å². The van der Waals surface area contributed by atoms with E-state index in [0.29, 0.717) is 11.4 Å². The van der Waals surface area contributed by atoms with Crippen LogP contribution in [0.15, 0.2) is 24.5 Å². The van der Waals surface area contributed by atoms with Crippen molar-refractivity contribution in [3.8, 4) is 11.6 Å². The maximum atomic E-state index is 12.8. The van der Waals surface area contributed by atoms with Crippen LogP contribution in [-0.4, -0.2) is 38.2 Å². The van der Waals surface area contributed by atoms with Crippen LogP contribution in [0.1, 0.15) is 11.3 Å². The number of nitrogens with zero attached hydrogens (tertiary/aromatic N) is 2. The van der Waals surface area contributed by atoms with Crippen LogP contribution in [0.2, 0.25) is 5.02 Å². The molecular formula is C17H20ClF3N4O+2. The molecule has 0 bridgehead atoms. The highest BCUT2D eigenvalue weighted by atomic mass is 35.5. The fourth-order valence-electron chi connectivity index (χ4n) is 2.84. The molecule has 3 rings (SSSR count). The molecule has 0 aromatic carbocycles. The molecule has 1 saturated heterocycles. The van der Waals surface area contributed by atoms with Gasteiger partial charge in [0, 0.05) is 6.20 Å². The number of quaternary nitrogens is 1. The minimum absolute atomic E-state index is 0.0526. The summed E-state index contributed by atoms with van der Waals surface area (Å²) < 4.78 is 44.2. The fraction of sp³-hybridized carbons (Fsp3) is 0.412. The SMILES string of the molecule is Cc1nccc(N2CC[NH+](C)CC2)c1Oc1[nH+]cc(C(F)(F)F)cc1Cl. The monoisotopic (exact) mass is 388 g/mol. The summed E-state index contributed by atoms with van der Waals surface area (Å²) in [4.78, 5) is 10.4. The number of ether oxygens (including phenoxy) is 1. The van der Waals surface area contributed by atoms with Crippen molar-refractivity contribution in [1.29, 1.82) is 0 Å². The summed E-state index contributed by atoms with van der Waals surface area (Å²) in [7, 11) is 2.14. The normalized spacial score (nSPS) is 16.0. The summed E-state index contributed by atoms with van der Waals surface area (Å²) in [5.74, 6) is 0.543. The van der Waals surface area contributed by atoms with E-state index in [1.165, 1.54) is 4.90 Å². The maximum absolute atomic E-state index is 12.8. The molecule has 140 valence electrons. The van der Waals surface area contributed by atoms with Gasteiger partial charge >= 0.3 is 12.1 Å². The number of H-pyrrole nitrogens is 1. The lowest BCUT2D eigenvalue weighted by atomic mass is 10.2. The number of halogens is 4. The topological polar surface area (TPSA) is 43.9 Å². The molecule has 1 aliphatic rings. The van der Waals surface area contributed by atoms with Crippen molar-refractivity contribution in [2.45, 2.75) is 13.1 Å². The Hall–Kier alpha value is -2.06. The molecule has 2 aromatic heterocycles. The summed E-state index contributed by atoms with van der Waals surface area (Å²) in [5.41, 5.74) is 0.632. The van der Waals surface area contributed by atoms with Crippen molar-refractivity contribution in [3.05, 3.63) is 40.8 Å². The smallest absolute Gasteiger partial charge is 0.400 e. The third-order valence-corrected chi connectivity index (χ3v) is 4.69. The van der Waals surface area contributed by atoms with E-state index >= 15 is 0 Å². The van der Waals surface area contributed by atoms with Crippen molar-refractivity contribution in [3.63, 3.8) is 0 Å². The largest absolute Gasteiger partial charge is 0.422 e. The maximum Gasteiger partial charge on any atom is 0.422 e. The molecule has 2 N–H and O–H groups in total. The summed E-state index contributed by atoms with van der Waals surface area (Å²) >= 11 is 6.00. The number of hydrogen-bond donors (Lipinski definition) is 1. The number of nitrogens with one attached hydrogen (secondary N) is 2. The number of rotatable bonds is 3. The van der Waals surface area contributed by atoms with Crippen LogP contribution < -0.4 is 19.5 Å². The van der Waals surface area contributed by atoms with Crippen molar-refractivity contribution in [1.82, 2.24) is 4.98 Å². The zero-order valence-electron chi connectivity index (χ0n) is 14.5. The molecule has 0 unspecified atom stereocenters. The van der Waals surface area contributed by atoms with Gasteiger partial charge in [0.15, 0.2) is 17.0 Å². The van der Waals surface area contributed by atoms with Crippen LogP contribution in [-0.2, 0) is 6.18 Å². The summed E-state index contributed by atoms with van der Waals surface area (Å²) in [6.07, 6.45) is -1.94. The number of aryl methyl sites for hydroxylation is 1. The van der Waals surface area contributed by atoms with Crippen LogP contribution in [0.3, 0.4) is 0 Å². The van der Waals surface area contributed by atoms with Crippen molar-refractivity contribution in [2.24, 2.45) is 0 Å². The number of piperazine rings is 1. The fourth-order valence-corrected chi connectivity index (χ4v) is 3.05. The summed E-state index contributed by atoms with van der Waals surface area (Å²) in [5, 5.41) is -0.142. The van der Waals surface area contributed by atoms with Crippen LogP contribution in [0.4, 0.5) is 18.9 Å². The minimum atomic E-state index is -4.48. The van der Waals surface area contributed by atoms with Gasteiger partial charge in [-0.15, -0.1) is 0 Å². The standard InChI is InChI=1S/C17H18ClF3N4O/c1-11-15(14(3-4-22-11)25-7-5-24(2)6-8-25)26-16-13(18)9-12(10-23-16)17(19,20)21/h3-4,9-10H,5-8H2,1-2H3/p+2. The Bertz CT molecular complexity index is 792. The lowest BCUT2D eigenvalue weighted by molar-refractivity contribution is -0.880. The van der Waals surface area contributed by atoms with E-state index in [2.05, 4.69) is 21.9 Å². The van der Waals surface area contributed by atoms with Crippen LogP contribution in [0.5, 0.6) is 11.6 Å². The summed E-state index contributed by atoms with van der Waals surface area (Å²) in [6, 6.07) is 2.69. The second-order valence-electron chi connectivity index (χ2n) is 6.35. The molecular weight excluding hydrogens is 369 g/mol. The van der Waals surface area contributed by atoms with E-state index in [0.717, 1.165) is 44.1 Å². The van der Waals surface area contributed by atoms with E-state index < -0.39 is 11.7 Å². The third kappa shape index (κ3) is 4.02. The predicted molar refractivity (Wildman–Crippen MR) is 90.9 cm³/mol. The van der Waals surface area contributed by atoms with E-state index in [1.807, 2.05) is 6.07 Å². The second-order valence-corrected chi connectivity index (χ2v) is 6.76. The molecule has 3 heterocycles. The van der Waals surface area contributed by atoms with Crippen LogP contribution >= 0.6 is 11.6 Å². The van der Waals surface area contributed by atoms with Crippen LogP contribution in [0, 0.1) is 6.92 Å². The Morgan fingerprint density at radius 2 is 2.00 bits per heavy atom. The highest BCUT2D eigenvalue weighted by Crippen LogP contribution is 2.37. The highest BCUT2D eigenvalue weighted by Gasteiger charge is 2.34. The first-order valence-corrected chi connectivity index (χ1v) is 8.61. The van der Waals surface area contributed by atoms with E-state index in [9.17, 15) is 13.2 Å². The zero-order valence-corrected chi connectivity index (χ0v) is 15.2. The molecule has 0 saturated carbocycles. The lowest BCUT2D eigenvalue weighted by Gasteiger charge is -2.32. The zero-order chi connectivity index (χ0) is 18.9. The molecule has 0 atom stereocenters. The van der Waals surface area contributed by atoms with Gasteiger partial charge in [0.05, 0.1) is 44.6 Å². The molecule has 26 heavy (non-hydrogen) atoms. The molecule has 1 aliphatic heterocycles. The Morgan fingerprint density at radius 1 is 1.31 bits per heavy atom. The average molecular weight is 389 g/mol.